The highest BCUT2D eigenvalue weighted by molar-refractivity contribution is 6.00. The van der Waals surface area contributed by atoms with Crippen molar-refractivity contribution in [3.8, 4) is 28.4 Å². The van der Waals surface area contributed by atoms with E-state index >= 15 is 0 Å². The van der Waals surface area contributed by atoms with Crippen molar-refractivity contribution >= 4 is 18.3 Å². The topological polar surface area (TPSA) is 68.6 Å². The third-order valence-electron chi connectivity index (χ3n) is 5.03. The maximum Gasteiger partial charge on any atom is 0.257 e. The van der Waals surface area contributed by atoms with Crippen LogP contribution in [0.25, 0.3) is 16.9 Å². The third kappa shape index (κ3) is 4.27. The summed E-state index contributed by atoms with van der Waals surface area (Å²) in [5, 5.41) is 8.04. The van der Waals surface area contributed by atoms with Gasteiger partial charge in [0.1, 0.15) is 5.69 Å². The van der Waals surface area contributed by atoms with E-state index in [1.54, 1.807) is 18.9 Å². The Morgan fingerprint density at radius 1 is 1.00 bits per heavy atom. The van der Waals surface area contributed by atoms with Crippen LogP contribution in [0.4, 0.5) is 0 Å². The predicted molar refractivity (Wildman–Crippen MR) is 118 cm³/mol. The van der Waals surface area contributed by atoms with Crippen LogP contribution in [0.15, 0.2) is 54.7 Å². The van der Waals surface area contributed by atoms with Gasteiger partial charge in [-0.05, 0) is 30.3 Å². The molecule has 0 radical (unpaired) electrons. The molecule has 1 N–H and O–H groups in total. The van der Waals surface area contributed by atoms with E-state index in [1.165, 1.54) is 0 Å². The standard InChI is InChI=1S/C22H24N4O3.ClH/c1-28-19-9-8-16(14-20(19)29-2)21-18(22(27)25-12-10-23-11-13-25)15-26(24-21)17-6-4-3-5-7-17;/h3-9,14-15,23H,10-13H2,1-2H3;1H. The molecule has 0 aliphatic carbocycles. The van der Waals surface area contributed by atoms with Gasteiger partial charge in [-0.15, -0.1) is 12.4 Å². The Labute approximate surface area is 182 Å². The monoisotopic (exact) mass is 428 g/mol. The average molecular weight is 429 g/mol. The Hall–Kier alpha value is -3.03. The van der Waals surface area contributed by atoms with E-state index in [-0.39, 0.29) is 18.3 Å². The highest BCUT2D eigenvalue weighted by Gasteiger charge is 2.25. The van der Waals surface area contributed by atoms with Gasteiger partial charge in [-0.3, -0.25) is 4.79 Å². The molecule has 1 aliphatic heterocycles. The van der Waals surface area contributed by atoms with E-state index in [2.05, 4.69) is 5.32 Å². The van der Waals surface area contributed by atoms with Gasteiger partial charge < -0.3 is 19.7 Å². The van der Waals surface area contributed by atoms with Crippen LogP contribution in [0.2, 0.25) is 0 Å². The van der Waals surface area contributed by atoms with Gasteiger partial charge in [-0.25, -0.2) is 4.68 Å². The number of carbonyl (C=O) groups is 1. The fourth-order valence-corrected chi connectivity index (χ4v) is 3.48. The number of para-hydroxylation sites is 1. The first-order valence-corrected chi connectivity index (χ1v) is 9.58. The maximum atomic E-state index is 13.3. The fraction of sp³-hybridized carbons (Fsp3) is 0.273. The Morgan fingerprint density at radius 2 is 1.70 bits per heavy atom. The van der Waals surface area contributed by atoms with Gasteiger partial charge in [0.2, 0.25) is 0 Å². The van der Waals surface area contributed by atoms with Crippen LogP contribution in [0.5, 0.6) is 11.5 Å². The van der Waals surface area contributed by atoms with Gasteiger partial charge in [0.15, 0.2) is 11.5 Å². The summed E-state index contributed by atoms with van der Waals surface area (Å²) in [4.78, 5) is 15.2. The minimum Gasteiger partial charge on any atom is -0.493 e. The molecule has 30 heavy (non-hydrogen) atoms. The highest BCUT2D eigenvalue weighted by Crippen LogP contribution is 2.33. The molecule has 7 nitrogen and oxygen atoms in total. The Bertz CT molecular complexity index is 1000. The van der Waals surface area contributed by atoms with Crippen molar-refractivity contribution in [2.75, 3.05) is 40.4 Å². The molecule has 0 spiro atoms. The van der Waals surface area contributed by atoms with Crippen LogP contribution in [0, 0.1) is 0 Å². The summed E-state index contributed by atoms with van der Waals surface area (Å²) >= 11 is 0. The second kappa shape index (κ2) is 9.65. The molecule has 0 bridgehead atoms. The van der Waals surface area contributed by atoms with Crippen LogP contribution < -0.4 is 14.8 Å². The largest absolute Gasteiger partial charge is 0.493 e. The Balaban J connectivity index is 0.00000256. The molecule has 3 aromatic rings. The number of nitrogens with zero attached hydrogens (tertiary/aromatic N) is 3. The molecule has 0 unspecified atom stereocenters. The molecule has 0 saturated carbocycles. The zero-order valence-electron chi connectivity index (χ0n) is 17.0. The van der Waals surface area contributed by atoms with E-state index < -0.39 is 0 Å². The van der Waals surface area contributed by atoms with E-state index in [0.29, 0.717) is 35.8 Å². The molecule has 0 atom stereocenters. The molecule has 1 aliphatic rings. The van der Waals surface area contributed by atoms with Crippen LogP contribution in [-0.2, 0) is 0 Å². The SMILES string of the molecule is COc1ccc(-c2nn(-c3ccccc3)cc2C(=O)N2CCNCC2)cc1OC.Cl. The van der Waals surface area contributed by atoms with Crippen molar-refractivity contribution < 1.29 is 14.3 Å². The highest BCUT2D eigenvalue weighted by atomic mass is 35.5. The van der Waals surface area contributed by atoms with Gasteiger partial charge in [0.05, 0.1) is 25.5 Å². The average Bonchev–Trinajstić information content (AvgIpc) is 3.24. The van der Waals surface area contributed by atoms with Gasteiger partial charge >= 0.3 is 0 Å². The van der Waals surface area contributed by atoms with E-state index in [1.807, 2.05) is 59.6 Å². The smallest absolute Gasteiger partial charge is 0.257 e. The fourth-order valence-electron chi connectivity index (χ4n) is 3.48. The summed E-state index contributed by atoms with van der Waals surface area (Å²) in [7, 11) is 3.19. The Kier molecular flexibility index (Phi) is 6.97. The summed E-state index contributed by atoms with van der Waals surface area (Å²) in [5.74, 6) is 1.21. The lowest BCUT2D eigenvalue weighted by molar-refractivity contribution is 0.0736. The van der Waals surface area contributed by atoms with Crippen molar-refractivity contribution in [3.63, 3.8) is 0 Å². The van der Waals surface area contributed by atoms with Gasteiger partial charge in [0, 0.05) is 37.9 Å². The number of hydrogen-bond donors (Lipinski definition) is 1. The van der Waals surface area contributed by atoms with Crippen molar-refractivity contribution in [1.29, 1.82) is 0 Å². The number of nitrogens with one attached hydrogen (secondary N) is 1. The minimum atomic E-state index is -0.0153. The predicted octanol–water partition coefficient (Wildman–Crippen LogP) is 3.02. The lowest BCUT2D eigenvalue weighted by Crippen LogP contribution is -2.46. The first-order valence-electron chi connectivity index (χ1n) is 9.58. The van der Waals surface area contributed by atoms with Crippen LogP contribution in [0.3, 0.4) is 0 Å². The maximum absolute atomic E-state index is 13.3. The van der Waals surface area contributed by atoms with E-state index in [0.717, 1.165) is 24.3 Å². The number of piperazine rings is 1. The molecule has 1 fully saturated rings. The number of aromatic nitrogens is 2. The molecule has 1 amide bonds. The quantitative estimate of drug-likeness (QED) is 0.676. The third-order valence-corrected chi connectivity index (χ3v) is 5.03. The summed E-state index contributed by atoms with van der Waals surface area (Å²) < 4.78 is 12.5. The second-order valence-electron chi connectivity index (χ2n) is 6.78. The van der Waals surface area contributed by atoms with Crippen molar-refractivity contribution in [2.24, 2.45) is 0 Å². The van der Waals surface area contributed by atoms with Gasteiger partial charge in [-0.1, -0.05) is 18.2 Å². The number of carbonyl (C=O) groups excluding carboxylic acids is 1. The molecule has 158 valence electrons. The number of amides is 1. The molecule has 1 saturated heterocycles. The van der Waals surface area contributed by atoms with Gasteiger partial charge in [0.25, 0.3) is 5.91 Å². The molecule has 2 aromatic carbocycles. The lowest BCUT2D eigenvalue weighted by Gasteiger charge is -2.27. The minimum absolute atomic E-state index is 0. The van der Waals surface area contributed by atoms with Gasteiger partial charge in [-0.2, -0.15) is 5.10 Å². The Morgan fingerprint density at radius 3 is 2.37 bits per heavy atom. The van der Waals surface area contributed by atoms with Crippen molar-refractivity contribution in [1.82, 2.24) is 20.0 Å². The van der Waals surface area contributed by atoms with Crippen molar-refractivity contribution in [2.45, 2.75) is 0 Å². The summed E-state index contributed by atoms with van der Waals surface area (Å²) in [6.45, 7) is 2.95. The van der Waals surface area contributed by atoms with Crippen LogP contribution in [-0.4, -0.2) is 61.0 Å². The summed E-state index contributed by atoms with van der Waals surface area (Å²) in [5.41, 5.74) is 2.89. The second-order valence-corrected chi connectivity index (χ2v) is 6.78. The van der Waals surface area contributed by atoms with Crippen LogP contribution in [0.1, 0.15) is 10.4 Å². The summed E-state index contributed by atoms with van der Waals surface area (Å²) in [6, 6.07) is 15.4. The zero-order valence-corrected chi connectivity index (χ0v) is 17.8. The first kappa shape index (κ1) is 21.7. The number of hydrogen-bond acceptors (Lipinski definition) is 5. The molecule has 2 heterocycles. The zero-order chi connectivity index (χ0) is 20.2. The van der Waals surface area contributed by atoms with Crippen LogP contribution >= 0.6 is 12.4 Å². The number of ether oxygens (including phenoxy) is 2. The molecular formula is C22H25ClN4O3. The lowest BCUT2D eigenvalue weighted by atomic mass is 10.1. The normalized spacial score (nSPS) is 13.5. The summed E-state index contributed by atoms with van der Waals surface area (Å²) in [6.07, 6.45) is 1.81. The molecule has 8 heteroatoms. The van der Waals surface area contributed by atoms with Crippen molar-refractivity contribution in [3.05, 3.63) is 60.3 Å². The molecular weight excluding hydrogens is 404 g/mol. The number of halogens is 1. The van der Waals surface area contributed by atoms with E-state index in [9.17, 15) is 4.79 Å². The number of benzene rings is 2. The van der Waals surface area contributed by atoms with E-state index in [4.69, 9.17) is 14.6 Å². The molecule has 4 rings (SSSR count). The number of rotatable bonds is 5. The molecule has 1 aromatic heterocycles. The number of methoxy groups -OCH3 is 2. The first-order chi connectivity index (χ1) is 14.2.